The van der Waals surface area contributed by atoms with Crippen molar-refractivity contribution in [3.05, 3.63) is 336 Å². The van der Waals surface area contributed by atoms with Crippen LogP contribution in [0.15, 0.2) is 297 Å². The summed E-state index contributed by atoms with van der Waals surface area (Å²) in [6.45, 7) is 10.4. The topological polar surface area (TPSA) is 4.93 Å². The van der Waals surface area contributed by atoms with Crippen LogP contribution in [-0.4, -0.2) is 4.57 Å². The SMILES string of the molecule is CC.Cc1cccc(-c2ccccc2)c1.Cc1cccc(-c2ccccc2)c1.Cc1cccc(-c2ccccc2-c2ccc3c4ccccc4n(-c4cccc5c4C4=C(C=CCC4)C5(c4ccccc4)c4ccccc4)c3c2)c1. The summed E-state index contributed by atoms with van der Waals surface area (Å²) in [4.78, 5) is 0. The van der Waals surface area contributed by atoms with E-state index in [0.29, 0.717) is 0 Å². The standard InChI is InChI=1S/C50H37N.2C13H12.C2H6/c1-34-16-14-17-35(32-34)39-22-8-9-23-40(39)36-30-31-42-41-24-11-13-28-46(41)51(48(42)33-36)47-29-15-27-45-49(47)43-25-10-12-26-44(43)50(45,37-18-4-2-5-19-37)38-20-6-3-7-21-38;2*1-11-6-5-9-13(10-11)12-7-3-2-4-8-12;1-2/h2-9,11-24,26-33H,10,25H2,1H3;2*2-10H,1H3;1-2H3. The molecule has 0 unspecified atom stereocenters. The minimum Gasteiger partial charge on any atom is -0.309 e. The van der Waals surface area contributed by atoms with Gasteiger partial charge in [-0.1, -0.05) is 304 Å². The van der Waals surface area contributed by atoms with Gasteiger partial charge in [0.15, 0.2) is 0 Å². The molecule has 2 aliphatic carbocycles. The molecule has 0 fully saturated rings. The van der Waals surface area contributed by atoms with E-state index in [4.69, 9.17) is 0 Å². The molecule has 1 aromatic heterocycles. The van der Waals surface area contributed by atoms with E-state index in [0.717, 1.165) is 12.8 Å². The zero-order chi connectivity index (χ0) is 54.1. The first-order valence-corrected chi connectivity index (χ1v) is 28.0. The molecule has 0 saturated carbocycles. The number of hydrogen-bond acceptors (Lipinski definition) is 0. The van der Waals surface area contributed by atoms with Crippen LogP contribution in [0.5, 0.6) is 0 Å². The van der Waals surface area contributed by atoms with Crippen molar-refractivity contribution in [2.75, 3.05) is 0 Å². The Morgan fingerprint density at radius 1 is 0.354 bits per heavy atom. The van der Waals surface area contributed by atoms with Crippen LogP contribution in [-0.2, 0) is 5.41 Å². The van der Waals surface area contributed by atoms with Crippen LogP contribution in [0.4, 0.5) is 0 Å². The second kappa shape index (κ2) is 23.5. The zero-order valence-corrected chi connectivity index (χ0v) is 46.1. The van der Waals surface area contributed by atoms with Gasteiger partial charge in [-0.15, -0.1) is 0 Å². The molecule has 0 spiro atoms. The molecule has 1 heterocycles. The van der Waals surface area contributed by atoms with Gasteiger partial charge >= 0.3 is 0 Å². The number of aromatic nitrogens is 1. The van der Waals surface area contributed by atoms with Crippen LogP contribution in [0.25, 0.3) is 77.6 Å². The van der Waals surface area contributed by atoms with Gasteiger partial charge in [0, 0.05) is 16.3 Å². The number of aryl methyl sites for hydroxylation is 3. The lowest BCUT2D eigenvalue weighted by molar-refractivity contribution is 0.756. The van der Waals surface area contributed by atoms with Gasteiger partial charge < -0.3 is 4.57 Å². The Labute approximate surface area is 468 Å². The van der Waals surface area contributed by atoms with Crippen molar-refractivity contribution >= 4 is 27.4 Å². The second-order valence-electron chi connectivity index (χ2n) is 20.5. The molecule has 0 saturated heterocycles. The zero-order valence-electron chi connectivity index (χ0n) is 46.1. The summed E-state index contributed by atoms with van der Waals surface area (Å²) in [5.41, 5.74) is 25.5. The molecule has 2 aliphatic rings. The fourth-order valence-electron chi connectivity index (χ4n) is 12.0. The second-order valence-corrected chi connectivity index (χ2v) is 20.5. The first-order chi connectivity index (χ1) is 39.0. The maximum atomic E-state index is 2.55. The lowest BCUT2D eigenvalue weighted by atomic mass is 9.66. The first-order valence-electron chi connectivity index (χ1n) is 28.0. The van der Waals surface area contributed by atoms with E-state index in [1.807, 2.05) is 26.0 Å². The van der Waals surface area contributed by atoms with E-state index >= 15 is 0 Å². The number of nitrogens with zero attached hydrogens (tertiary/aromatic N) is 1. The van der Waals surface area contributed by atoms with E-state index < -0.39 is 5.41 Å². The molecule has 14 rings (SSSR count). The molecule has 0 bridgehead atoms. The van der Waals surface area contributed by atoms with Crippen LogP contribution in [0.3, 0.4) is 0 Å². The fraction of sp³-hybridized carbons (Fsp3) is 0.103. The quantitative estimate of drug-likeness (QED) is 0.150. The van der Waals surface area contributed by atoms with Gasteiger partial charge in [0.25, 0.3) is 0 Å². The molecule has 0 aliphatic heterocycles. The molecule has 11 aromatic carbocycles. The highest BCUT2D eigenvalue weighted by molar-refractivity contribution is 6.11. The van der Waals surface area contributed by atoms with Gasteiger partial charge in [-0.2, -0.15) is 0 Å². The predicted octanol–water partition coefficient (Wildman–Crippen LogP) is 21.2. The smallest absolute Gasteiger partial charge is 0.0711 e. The summed E-state index contributed by atoms with van der Waals surface area (Å²) in [7, 11) is 0. The highest BCUT2D eigenvalue weighted by Gasteiger charge is 2.48. The third kappa shape index (κ3) is 10.2. The first kappa shape index (κ1) is 51.8. The number of hydrogen-bond donors (Lipinski definition) is 0. The number of rotatable bonds is 7. The summed E-state index contributed by atoms with van der Waals surface area (Å²) in [5, 5.41) is 2.55. The van der Waals surface area contributed by atoms with Gasteiger partial charge in [-0.25, -0.2) is 0 Å². The predicted molar refractivity (Wildman–Crippen MR) is 339 cm³/mol. The third-order valence-corrected chi connectivity index (χ3v) is 15.5. The van der Waals surface area contributed by atoms with Crippen LogP contribution in [0.2, 0.25) is 0 Å². The van der Waals surface area contributed by atoms with Crippen molar-refractivity contribution in [2.24, 2.45) is 0 Å². The number of allylic oxidation sites excluding steroid dienone is 4. The van der Waals surface area contributed by atoms with Crippen LogP contribution >= 0.6 is 0 Å². The Kier molecular flexibility index (Phi) is 15.4. The van der Waals surface area contributed by atoms with Crippen LogP contribution < -0.4 is 0 Å². The molecular formula is C78H67N. The third-order valence-electron chi connectivity index (χ3n) is 15.5. The maximum absolute atomic E-state index is 2.55. The minimum absolute atomic E-state index is 0.406. The van der Waals surface area contributed by atoms with Gasteiger partial charge in [0.05, 0.1) is 22.1 Å². The Hall–Kier alpha value is -9.30. The molecule has 384 valence electrons. The van der Waals surface area contributed by atoms with Crippen molar-refractivity contribution in [3.63, 3.8) is 0 Å². The lowest BCUT2D eigenvalue weighted by Crippen LogP contribution is -2.29. The maximum Gasteiger partial charge on any atom is 0.0711 e. The monoisotopic (exact) mass is 1020 g/mol. The van der Waals surface area contributed by atoms with E-state index in [2.05, 4.69) is 304 Å². The van der Waals surface area contributed by atoms with Gasteiger partial charge in [0.2, 0.25) is 0 Å². The normalized spacial score (nSPS) is 12.8. The Bertz CT molecular complexity index is 3980. The molecule has 1 nitrogen and oxygen atoms in total. The Morgan fingerprint density at radius 2 is 0.797 bits per heavy atom. The number of benzene rings is 11. The minimum atomic E-state index is -0.406. The van der Waals surface area contributed by atoms with E-state index in [-0.39, 0.29) is 0 Å². The number of para-hydroxylation sites is 1. The van der Waals surface area contributed by atoms with Crippen LogP contribution in [0, 0.1) is 20.8 Å². The summed E-state index contributed by atoms with van der Waals surface area (Å²) < 4.78 is 2.55. The summed E-state index contributed by atoms with van der Waals surface area (Å²) in [6.07, 6.45) is 6.86. The lowest BCUT2D eigenvalue weighted by Gasteiger charge is -2.35. The Morgan fingerprint density at radius 3 is 1.35 bits per heavy atom. The molecular weight excluding hydrogens is 951 g/mol. The molecule has 0 atom stereocenters. The van der Waals surface area contributed by atoms with E-state index in [1.54, 1.807) is 0 Å². The largest absolute Gasteiger partial charge is 0.309 e. The van der Waals surface area contributed by atoms with Gasteiger partial charge in [0.1, 0.15) is 0 Å². The summed E-state index contributed by atoms with van der Waals surface area (Å²) in [6, 6.07) is 101. The summed E-state index contributed by atoms with van der Waals surface area (Å²) >= 11 is 0. The fourth-order valence-corrected chi connectivity index (χ4v) is 12.0. The molecule has 0 amide bonds. The van der Waals surface area contributed by atoms with Crippen molar-refractivity contribution in [3.8, 4) is 50.2 Å². The van der Waals surface area contributed by atoms with Crippen molar-refractivity contribution in [1.82, 2.24) is 4.57 Å². The molecule has 79 heavy (non-hydrogen) atoms. The number of fused-ring (bicyclic) bond motifs is 5. The van der Waals surface area contributed by atoms with Gasteiger partial charge in [-0.05, 0) is 124 Å². The highest BCUT2D eigenvalue weighted by atomic mass is 15.0. The highest BCUT2D eigenvalue weighted by Crippen LogP contribution is 2.58. The average molecular weight is 1020 g/mol. The van der Waals surface area contributed by atoms with Crippen molar-refractivity contribution in [1.29, 1.82) is 0 Å². The Balaban J connectivity index is 0.000000191. The van der Waals surface area contributed by atoms with Crippen LogP contribution in [0.1, 0.15) is 65.6 Å². The molecule has 0 radical (unpaired) electrons. The van der Waals surface area contributed by atoms with Gasteiger partial charge in [-0.3, -0.25) is 0 Å². The average Bonchev–Trinajstić information content (AvgIpc) is 3.49. The molecule has 0 N–H and O–H groups in total. The molecule has 1 heteroatoms. The van der Waals surface area contributed by atoms with Crippen molar-refractivity contribution in [2.45, 2.75) is 52.9 Å². The van der Waals surface area contributed by atoms with Crippen molar-refractivity contribution < 1.29 is 0 Å². The van der Waals surface area contributed by atoms with E-state index in [9.17, 15) is 0 Å². The van der Waals surface area contributed by atoms with E-state index in [1.165, 1.54) is 122 Å². The molecule has 12 aromatic rings. The summed E-state index contributed by atoms with van der Waals surface area (Å²) in [5.74, 6) is 0.